The highest BCUT2D eigenvalue weighted by Gasteiger charge is 2.23. The van der Waals surface area contributed by atoms with E-state index in [0.29, 0.717) is 17.0 Å². The van der Waals surface area contributed by atoms with Gasteiger partial charge >= 0.3 is 0 Å². The van der Waals surface area contributed by atoms with Gasteiger partial charge in [-0.05, 0) is 66.7 Å². The molecule has 4 aromatic heterocycles. The third kappa shape index (κ3) is 3.99. The van der Waals surface area contributed by atoms with E-state index in [-0.39, 0.29) is 17.5 Å². The van der Waals surface area contributed by atoms with Crippen LogP contribution in [0.25, 0.3) is 21.6 Å². The van der Waals surface area contributed by atoms with Crippen LogP contribution in [-0.2, 0) is 5.54 Å². The lowest BCUT2D eigenvalue weighted by atomic mass is 10.1. The van der Waals surface area contributed by atoms with E-state index >= 15 is 0 Å². The minimum Gasteiger partial charge on any atom is -0.307 e. The monoisotopic (exact) mass is 436 g/mol. The number of aryl methyl sites for hydroxylation is 2. The van der Waals surface area contributed by atoms with Crippen LogP contribution in [-0.4, -0.2) is 30.5 Å². The standard InChI is InChI=1S/C23H28N6OS/c1-13(2)28-21-17(12-24-28)16(11-18(25-21)19-9-8-15(4)31-19)22(30)26-20-10-14(3)27-29(20)23(5,6)7/h8-13H,1-7H3,(H,26,30). The highest BCUT2D eigenvalue weighted by molar-refractivity contribution is 7.15. The number of carbonyl (C=O) groups excluding carboxylic acids is 1. The molecular weight excluding hydrogens is 408 g/mol. The molecule has 0 saturated carbocycles. The van der Waals surface area contributed by atoms with E-state index in [1.165, 1.54) is 4.88 Å². The molecule has 0 atom stereocenters. The molecule has 0 bridgehead atoms. The molecule has 162 valence electrons. The Morgan fingerprint density at radius 3 is 2.52 bits per heavy atom. The van der Waals surface area contributed by atoms with Crippen molar-refractivity contribution < 1.29 is 4.79 Å². The van der Waals surface area contributed by atoms with Crippen molar-refractivity contribution in [3.05, 3.63) is 46.6 Å². The van der Waals surface area contributed by atoms with Crippen LogP contribution >= 0.6 is 11.3 Å². The molecule has 4 rings (SSSR count). The number of rotatable bonds is 4. The predicted octanol–water partition coefficient (Wildman–Crippen LogP) is 5.56. The van der Waals surface area contributed by atoms with Crippen LogP contribution in [0.2, 0.25) is 0 Å². The summed E-state index contributed by atoms with van der Waals surface area (Å²) in [6.07, 6.45) is 1.73. The molecule has 8 heteroatoms. The number of aromatic nitrogens is 5. The van der Waals surface area contributed by atoms with Gasteiger partial charge in [0.05, 0.1) is 39.0 Å². The molecule has 0 aromatic carbocycles. The van der Waals surface area contributed by atoms with Gasteiger partial charge in [-0.2, -0.15) is 10.2 Å². The van der Waals surface area contributed by atoms with Gasteiger partial charge in [0, 0.05) is 17.0 Å². The SMILES string of the molecule is Cc1cc(NC(=O)c2cc(-c3ccc(C)s3)nc3c2cnn3C(C)C)n(C(C)(C)C)n1. The number of thiophene rings is 1. The average molecular weight is 437 g/mol. The summed E-state index contributed by atoms with van der Waals surface area (Å²) in [5, 5.41) is 12.9. The number of nitrogens with zero attached hydrogens (tertiary/aromatic N) is 5. The largest absolute Gasteiger partial charge is 0.307 e. The van der Waals surface area contributed by atoms with Crippen LogP contribution in [0.3, 0.4) is 0 Å². The first-order chi connectivity index (χ1) is 14.5. The Balaban J connectivity index is 1.84. The lowest BCUT2D eigenvalue weighted by Crippen LogP contribution is -2.27. The van der Waals surface area contributed by atoms with Gasteiger partial charge in [-0.25, -0.2) is 14.3 Å². The number of hydrogen-bond acceptors (Lipinski definition) is 5. The number of fused-ring (bicyclic) bond motifs is 1. The first kappa shape index (κ1) is 21.2. The van der Waals surface area contributed by atoms with Crippen molar-refractivity contribution in [3.63, 3.8) is 0 Å². The number of nitrogens with one attached hydrogen (secondary N) is 1. The molecule has 0 aliphatic carbocycles. The van der Waals surface area contributed by atoms with Crippen LogP contribution in [0.5, 0.6) is 0 Å². The van der Waals surface area contributed by atoms with Crippen LogP contribution in [0.4, 0.5) is 5.82 Å². The van der Waals surface area contributed by atoms with Gasteiger partial charge in [0.1, 0.15) is 5.82 Å². The lowest BCUT2D eigenvalue weighted by molar-refractivity contribution is 0.102. The fraction of sp³-hybridized carbons (Fsp3) is 0.391. The second kappa shape index (κ2) is 7.60. The highest BCUT2D eigenvalue weighted by Crippen LogP contribution is 2.31. The minimum absolute atomic E-state index is 0.131. The predicted molar refractivity (Wildman–Crippen MR) is 126 cm³/mol. The molecule has 0 aliphatic heterocycles. The van der Waals surface area contributed by atoms with Gasteiger partial charge in [-0.15, -0.1) is 11.3 Å². The summed E-state index contributed by atoms with van der Waals surface area (Å²) in [5.41, 5.74) is 2.64. The Bertz CT molecular complexity index is 1270. The van der Waals surface area contributed by atoms with E-state index in [9.17, 15) is 4.79 Å². The first-order valence-corrected chi connectivity index (χ1v) is 11.2. The van der Waals surface area contributed by atoms with E-state index < -0.39 is 0 Å². The van der Waals surface area contributed by atoms with Gasteiger partial charge < -0.3 is 5.32 Å². The van der Waals surface area contributed by atoms with E-state index in [1.807, 2.05) is 34.5 Å². The van der Waals surface area contributed by atoms with Crippen LogP contribution in [0, 0.1) is 13.8 Å². The van der Waals surface area contributed by atoms with Crippen molar-refractivity contribution in [2.75, 3.05) is 5.32 Å². The van der Waals surface area contributed by atoms with E-state index in [4.69, 9.17) is 4.98 Å². The van der Waals surface area contributed by atoms with Gasteiger partial charge in [-0.1, -0.05) is 0 Å². The summed E-state index contributed by atoms with van der Waals surface area (Å²) in [5.74, 6) is 0.473. The summed E-state index contributed by atoms with van der Waals surface area (Å²) in [4.78, 5) is 20.6. The number of carbonyl (C=O) groups is 1. The number of anilines is 1. The molecular formula is C23H28N6OS. The highest BCUT2D eigenvalue weighted by atomic mass is 32.1. The molecule has 1 N–H and O–H groups in total. The summed E-state index contributed by atoms with van der Waals surface area (Å²) in [6.45, 7) is 14.3. The maximum absolute atomic E-state index is 13.5. The normalized spacial score (nSPS) is 12.1. The fourth-order valence-electron chi connectivity index (χ4n) is 3.57. The molecule has 4 aromatic rings. The topological polar surface area (TPSA) is 77.6 Å². The van der Waals surface area contributed by atoms with Gasteiger partial charge in [-0.3, -0.25) is 4.79 Å². The Morgan fingerprint density at radius 2 is 1.90 bits per heavy atom. The second-order valence-electron chi connectivity index (χ2n) is 9.09. The maximum Gasteiger partial charge on any atom is 0.257 e. The number of hydrogen-bond donors (Lipinski definition) is 1. The van der Waals surface area contributed by atoms with Gasteiger partial charge in [0.2, 0.25) is 0 Å². The Morgan fingerprint density at radius 1 is 1.16 bits per heavy atom. The second-order valence-corrected chi connectivity index (χ2v) is 10.4. The van der Waals surface area contributed by atoms with Crippen LogP contribution < -0.4 is 5.32 Å². The average Bonchev–Trinajstić information content (AvgIpc) is 3.38. The van der Waals surface area contributed by atoms with Crippen molar-refractivity contribution in [3.8, 4) is 10.6 Å². The molecule has 7 nitrogen and oxygen atoms in total. The molecule has 31 heavy (non-hydrogen) atoms. The summed E-state index contributed by atoms with van der Waals surface area (Å²) in [7, 11) is 0. The van der Waals surface area contributed by atoms with Crippen LogP contribution in [0.1, 0.15) is 61.6 Å². The lowest BCUT2D eigenvalue weighted by Gasteiger charge is -2.22. The zero-order chi connectivity index (χ0) is 22.5. The molecule has 0 aliphatic rings. The smallest absolute Gasteiger partial charge is 0.257 e. The maximum atomic E-state index is 13.5. The molecule has 0 radical (unpaired) electrons. The van der Waals surface area contributed by atoms with Crippen molar-refractivity contribution >= 4 is 34.1 Å². The molecule has 1 amide bonds. The van der Waals surface area contributed by atoms with E-state index in [0.717, 1.165) is 21.7 Å². The Labute approximate surface area is 186 Å². The third-order valence-corrected chi connectivity index (χ3v) is 6.03. The fourth-order valence-corrected chi connectivity index (χ4v) is 4.39. The number of amides is 1. The molecule has 0 unspecified atom stereocenters. The Kier molecular flexibility index (Phi) is 5.21. The Hall–Kier alpha value is -3.00. The molecule has 0 saturated heterocycles. The van der Waals surface area contributed by atoms with E-state index in [2.05, 4.69) is 63.1 Å². The summed E-state index contributed by atoms with van der Waals surface area (Å²) < 4.78 is 3.71. The zero-order valence-corrected chi connectivity index (χ0v) is 19.8. The van der Waals surface area contributed by atoms with Crippen molar-refractivity contribution in [1.82, 2.24) is 24.5 Å². The van der Waals surface area contributed by atoms with Crippen molar-refractivity contribution in [2.45, 2.75) is 60.0 Å². The third-order valence-electron chi connectivity index (χ3n) is 5.00. The molecule has 0 fully saturated rings. The summed E-state index contributed by atoms with van der Waals surface area (Å²) >= 11 is 1.66. The van der Waals surface area contributed by atoms with Gasteiger partial charge in [0.15, 0.2) is 5.65 Å². The van der Waals surface area contributed by atoms with Crippen molar-refractivity contribution in [1.29, 1.82) is 0 Å². The quantitative estimate of drug-likeness (QED) is 0.454. The number of pyridine rings is 1. The van der Waals surface area contributed by atoms with E-state index in [1.54, 1.807) is 17.5 Å². The summed E-state index contributed by atoms with van der Waals surface area (Å²) in [6, 6.07) is 7.99. The van der Waals surface area contributed by atoms with Gasteiger partial charge in [0.25, 0.3) is 5.91 Å². The van der Waals surface area contributed by atoms with Crippen molar-refractivity contribution in [2.24, 2.45) is 0 Å². The minimum atomic E-state index is -0.257. The zero-order valence-electron chi connectivity index (χ0n) is 19.0. The molecule has 0 spiro atoms. The first-order valence-electron chi connectivity index (χ1n) is 10.4. The molecule has 4 heterocycles. The van der Waals surface area contributed by atoms with Crippen LogP contribution in [0.15, 0.2) is 30.5 Å².